The van der Waals surface area contributed by atoms with Gasteiger partial charge in [-0.05, 0) is 36.4 Å². The van der Waals surface area contributed by atoms with Gasteiger partial charge in [-0.25, -0.2) is 4.39 Å². The third-order valence-corrected chi connectivity index (χ3v) is 4.66. The summed E-state index contributed by atoms with van der Waals surface area (Å²) in [6, 6.07) is 6.74. The summed E-state index contributed by atoms with van der Waals surface area (Å²) in [5.74, 6) is -1.63. The lowest BCUT2D eigenvalue weighted by Crippen LogP contribution is -2.09. The van der Waals surface area contributed by atoms with Gasteiger partial charge in [0.2, 0.25) is 0 Å². The second-order valence-corrected chi connectivity index (χ2v) is 6.68. The van der Waals surface area contributed by atoms with Crippen LogP contribution in [0.15, 0.2) is 47.1 Å². The van der Waals surface area contributed by atoms with Crippen LogP contribution in [-0.4, -0.2) is 14.7 Å². The van der Waals surface area contributed by atoms with Crippen molar-refractivity contribution in [1.82, 2.24) is 14.7 Å². The maximum atomic E-state index is 14.0. The van der Waals surface area contributed by atoms with E-state index in [4.69, 9.17) is 9.78 Å². The van der Waals surface area contributed by atoms with Crippen molar-refractivity contribution in [2.24, 2.45) is 0 Å². The van der Waals surface area contributed by atoms with Crippen molar-refractivity contribution >= 4 is 10.9 Å². The Morgan fingerprint density at radius 2 is 1.75 bits per heavy atom. The molecule has 0 radical (unpaired) electrons. The molecule has 4 aromatic rings. The van der Waals surface area contributed by atoms with E-state index in [9.17, 15) is 30.7 Å². The summed E-state index contributed by atoms with van der Waals surface area (Å²) in [5, 5.41) is 12.4. The first-order valence-electron chi connectivity index (χ1n) is 8.78. The smallest absolute Gasteiger partial charge is 0.340 e. The first kappa shape index (κ1) is 21.4. The fourth-order valence-electron chi connectivity index (χ4n) is 3.25. The molecule has 0 unspecified atom stereocenters. The zero-order chi connectivity index (χ0) is 23.3. The van der Waals surface area contributed by atoms with Crippen molar-refractivity contribution in [3.63, 3.8) is 0 Å². The Morgan fingerprint density at radius 1 is 1.00 bits per heavy atom. The van der Waals surface area contributed by atoms with Gasteiger partial charge in [0.15, 0.2) is 5.82 Å². The highest BCUT2D eigenvalue weighted by molar-refractivity contribution is 5.86. The number of aromatic nitrogens is 3. The number of hydrogen-bond donors (Lipinski definition) is 0. The van der Waals surface area contributed by atoms with Gasteiger partial charge in [0.05, 0.1) is 34.9 Å². The number of alkyl halides is 6. The Balaban J connectivity index is 1.71. The molecule has 4 rings (SSSR count). The Bertz CT molecular complexity index is 1360. The number of hydrogen-bond acceptors (Lipinski definition) is 4. The fourth-order valence-corrected chi connectivity index (χ4v) is 3.25. The largest absolute Gasteiger partial charge is 0.418 e. The molecule has 5 nitrogen and oxygen atoms in total. The van der Waals surface area contributed by atoms with Crippen LogP contribution in [0.1, 0.15) is 22.5 Å². The van der Waals surface area contributed by atoms with E-state index in [1.165, 1.54) is 29.0 Å². The van der Waals surface area contributed by atoms with E-state index >= 15 is 0 Å². The van der Waals surface area contributed by atoms with Crippen LogP contribution in [0.4, 0.5) is 30.7 Å². The molecule has 0 fully saturated rings. The molecule has 0 N–H and O–H groups in total. The standard InChI is InChI=1S/C20H9F7N4O/c21-14-3-2-11(19(22,23)24)7-13(14)18-29-16(30-32-18)9-31-6-5-12-15(31)4-1-10(8-28)17(12)20(25,26)27/h1-7H,9H2. The van der Waals surface area contributed by atoms with Crippen LogP contribution < -0.4 is 0 Å². The van der Waals surface area contributed by atoms with Gasteiger partial charge in [-0.1, -0.05) is 5.16 Å². The minimum atomic E-state index is -4.77. The highest BCUT2D eigenvalue weighted by atomic mass is 19.4. The summed E-state index contributed by atoms with van der Waals surface area (Å²) in [5.41, 5.74) is -3.18. The van der Waals surface area contributed by atoms with Crippen molar-refractivity contribution in [2.45, 2.75) is 18.9 Å². The van der Waals surface area contributed by atoms with Gasteiger partial charge in [0.25, 0.3) is 5.89 Å². The molecule has 0 aliphatic carbocycles. The number of benzene rings is 2. The predicted molar refractivity (Wildman–Crippen MR) is 95.5 cm³/mol. The van der Waals surface area contributed by atoms with E-state index in [1.807, 2.05) is 0 Å². The second kappa shape index (κ2) is 7.37. The van der Waals surface area contributed by atoms with Crippen molar-refractivity contribution in [3.8, 4) is 17.5 Å². The Kier molecular flexibility index (Phi) is 4.92. The molecule has 0 spiro atoms. The van der Waals surface area contributed by atoms with Gasteiger partial charge < -0.3 is 9.09 Å². The highest BCUT2D eigenvalue weighted by Crippen LogP contribution is 2.38. The molecule has 2 heterocycles. The average molecular weight is 454 g/mol. The van der Waals surface area contributed by atoms with Gasteiger partial charge in [-0.15, -0.1) is 0 Å². The van der Waals surface area contributed by atoms with Crippen LogP contribution in [0.2, 0.25) is 0 Å². The molecule has 0 saturated heterocycles. The lowest BCUT2D eigenvalue weighted by atomic mass is 10.0. The molecule has 0 atom stereocenters. The molecule has 0 saturated carbocycles. The SMILES string of the molecule is N#Cc1ccc2c(ccn2Cc2noc(-c3cc(C(F)(F)F)ccc3F)n2)c1C(F)(F)F. The molecule has 32 heavy (non-hydrogen) atoms. The fraction of sp³-hybridized carbons (Fsp3) is 0.150. The summed E-state index contributed by atoms with van der Waals surface area (Å²) in [6.45, 7) is -0.212. The Morgan fingerprint density at radius 3 is 2.41 bits per heavy atom. The summed E-state index contributed by atoms with van der Waals surface area (Å²) < 4.78 is 99.2. The third-order valence-electron chi connectivity index (χ3n) is 4.66. The quantitative estimate of drug-likeness (QED) is 0.368. The molecular weight excluding hydrogens is 445 g/mol. The molecule has 2 aromatic carbocycles. The number of rotatable bonds is 3. The van der Waals surface area contributed by atoms with Crippen molar-refractivity contribution in [3.05, 3.63) is 70.9 Å². The molecule has 0 aliphatic heterocycles. The van der Waals surface area contributed by atoms with Gasteiger partial charge in [-0.3, -0.25) is 0 Å². The summed E-state index contributed by atoms with van der Waals surface area (Å²) in [7, 11) is 0. The van der Waals surface area contributed by atoms with Gasteiger partial charge in [0, 0.05) is 17.1 Å². The van der Waals surface area contributed by atoms with Crippen LogP contribution in [0.25, 0.3) is 22.4 Å². The van der Waals surface area contributed by atoms with Crippen molar-refractivity contribution in [2.75, 3.05) is 0 Å². The average Bonchev–Trinajstić information content (AvgIpc) is 3.33. The lowest BCUT2D eigenvalue weighted by molar-refractivity contribution is -0.138. The first-order chi connectivity index (χ1) is 15.0. The minimum absolute atomic E-state index is 0.104. The number of nitriles is 1. The third kappa shape index (κ3) is 3.77. The number of nitrogens with zero attached hydrogens (tertiary/aromatic N) is 4. The molecular formula is C20H9F7N4O. The van der Waals surface area contributed by atoms with Crippen LogP contribution in [0.5, 0.6) is 0 Å². The zero-order valence-electron chi connectivity index (χ0n) is 15.6. The van der Waals surface area contributed by atoms with Crippen LogP contribution in [0.3, 0.4) is 0 Å². The molecule has 12 heteroatoms. The van der Waals surface area contributed by atoms with Gasteiger partial charge >= 0.3 is 12.4 Å². The summed E-state index contributed by atoms with van der Waals surface area (Å²) >= 11 is 0. The predicted octanol–water partition coefficient (Wildman–Crippen LogP) is 5.79. The minimum Gasteiger partial charge on any atom is -0.340 e. The van der Waals surface area contributed by atoms with Gasteiger partial charge in [0.1, 0.15) is 5.82 Å². The van der Waals surface area contributed by atoms with Gasteiger partial charge in [-0.2, -0.15) is 36.6 Å². The maximum absolute atomic E-state index is 14.0. The molecule has 0 amide bonds. The van der Waals surface area contributed by atoms with Crippen LogP contribution in [0, 0.1) is 17.1 Å². The topological polar surface area (TPSA) is 67.6 Å². The number of halogens is 7. The van der Waals surface area contributed by atoms with E-state index in [1.54, 1.807) is 0 Å². The van der Waals surface area contributed by atoms with Crippen LogP contribution in [-0.2, 0) is 18.9 Å². The van der Waals surface area contributed by atoms with E-state index in [2.05, 4.69) is 10.1 Å². The molecule has 2 aromatic heterocycles. The van der Waals surface area contributed by atoms with E-state index in [0.717, 1.165) is 6.07 Å². The van der Waals surface area contributed by atoms with Crippen molar-refractivity contribution in [1.29, 1.82) is 5.26 Å². The van der Waals surface area contributed by atoms with Crippen LogP contribution >= 0.6 is 0 Å². The van der Waals surface area contributed by atoms with E-state index in [-0.39, 0.29) is 23.3 Å². The first-order valence-corrected chi connectivity index (χ1v) is 8.78. The lowest BCUT2D eigenvalue weighted by Gasteiger charge is -2.11. The maximum Gasteiger partial charge on any atom is 0.418 e. The Labute approximate surface area is 174 Å². The van der Waals surface area contributed by atoms with Crippen molar-refractivity contribution < 1.29 is 35.3 Å². The Hall–Kier alpha value is -3.88. The molecule has 0 aliphatic rings. The molecule has 164 valence electrons. The van der Waals surface area contributed by atoms with E-state index < -0.39 is 46.3 Å². The zero-order valence-corrected chi connectivity index (χ0v) is 15.6. The number of fused-ring (bicyclic) bond motifs is 1. The monoisotopic (exact) mass is 454 g/mol. The highest BCUT2D eigenvalue weighted by Gasteiger charge is 2.36. The van der Waals surface area contributed by atoms with E-state index in [0.29, 0.717) is 18.2 Å². The summed E-state index contributed by atoms with van der Waals surface area (Å²) in [4.78, 5) is 3.87. The summed E-state index contributed by atoms with van der Waals surface area (Å²) in [6.07, 6.45) is -8.17. The normalized spacial score (nSPS) is 12.3. The second-order valence-electron chi connectivity index (χ2n) is 6.68. The molecule has 0 bridgehead atoms.